The number of rotatable bonds is 2. The van der Waals surface area contributed by atoms with Crippen molar-refractivity contribution >= 4 is 11.8 Å². The number of nitrogens with one attached hydrogen (secondary N) is 1. The molecule has 1 N–H and O–H groups in total. The Hall–Kier alpha value is -2.49. The van der Waals surface area contributed by atoms with E-state index in [1.54, 1.807) is 18.2 Å². The van der Waals surface area contributed by atoms with Crippen LogP contribution in [0, 0.1) is 5.82 Å². The summed E-state index contributed by atoms with van der Waals surface area (Å²) < 4.78 is 14.1. The van der Waals surface area contributed by atoms with Gasteiger partial charge in [-0.2, -0.15) is 0 Å². The van der Waals surface area contributed by atoms with Gasteiger partial charge in [0.05, 0.1) is 5.92 Å². The second-order valence-corrected chi connectivity index (χ2v) is 5.13. The normalized spacial score (nSPS) is 22.0. The van der Waals surface area contributed by atoms with Gasteiger partial charge < -0.3 is 0 Å². The molecule has 106 valence electrons. The monoisotopic (exact) mass is 283 g/mol. The van der Waals surface area contributed by atoms with Gasteiger partial charge in [-0.1, -0.05) is 48.5 Å². The molecule has 2 unspecified atom stereocenters. The van der Waals surface area contributed by atoms with Gasteiger partial charge in [-0.25, -0.2) is 4.39 Å². The molecule has 3 nitrogen and oxygen atoms in total. The SMILES string of the molecule is O=C1CC(c2ccccc2)C(c2ccccc2F)C(=O)N1. The summed E-state index contributed by atoms with van der Waals surface area (Å²) in [6.45, 7) is 0. The molecule has 2 aromatic rings. The van der Waals surface area contributed by atoms with Crippen LogP contribution in [0.25, 0.3) is 0 Å². The predicted molar refractivity (Wildman–Crippen MR) is 76.1 cm³/mol. The van der Waals surface area contributed by atoms with Gasteiger partial charge >= 0.3 is 0 Å². The lowest BCUT2D eigenvalue weighted by molar-refractivity contribution is -0.135. The summed E-state index contributed by atoms with van der Waals surface area (Å²) >= 11 is 0. The quantitative estimate of drug-likeness (QED) is 0.861. The van der Waals surface area contributed by atoms with Gasteiger partial charge in [0.25, 0.3) is 0 Å². The lowest BCUT2D eigenvalue weighted by atomic mass is 9.76. The summed E-state index contributed by atoms with van der Waals surface area (Å²) in [4.78, 5) is 23.9. The van der Waals surface area contributed by atoms with Gasteiger partial charge in [0.1, 0.15) is 5.82 Å². The average molecular weight is 283 g/mol. The molecule has 1 aliphatic heterocycles. The number of imide groups is 1. The predicted octanol–water partition coefficient (Wildman–Crippen LogP) is 2.74. The Morgan fingerprint density at radius 3 is 2.33 bits per heavy atom. The van der Waals surface area contributed by atoms with Crippen LogP contribution in [0.3, 0.4) is 0 Å². The maximum atomic E-state index is 14.1. The fraction of sp³-hybridized carbons (Fsp3) is 0.176. The number of carbonyl (C=O) groups excluding carboxylic acids is 2. The van der Waals surface area contributed by atoms with E-state index in [0.717, 1.165) is 5.56 Å². The minimum Gasteiger partial charge on any atom is -0.296 e. The first-order valence-electron chi connectivity index (χ1n) is 6.80. The van der Waals surface area contributed by atoms with Crippen LogP contribution in [-0.2, 0) is 9.59 Å². The summed E-state index contributed by atoms with van der Waals surface area (Å²) in [5.41, 5.74) is 1.20. The van der Waals surface area contributed by atoms with E-state index in [2.05, 4.69) is 5.32 Å². The average Bonchev–Trinajstić information content (AvgIpc) is 2.49. The largest absolute Gasteiger partial charge is 0.296 e. The molecule has 4 heteroatoms. The first-order valence-corrected chi connectivity index (χ1v) is 6.80. The van der Waals surface area contributed by atoms with Crippen LogP contribution in [0.5, 0.6) is 0 Å². The van der Waals surface area contributed by atoms with Crippen molar-refractivity contribution in [2.45, 2.75) is 18.3 Å². The Kier molecular flexibility index (Phi) is 3.52. The van der Waals surface area contributed by atoms with Crippen molar-refractivity contribution in [3.63, 3.8) is 0 Å². The number of carbonyl (C=O) groups is 2. The van der Waals surface area contributed by atoms with Crippen molar-refractivity contribution < 1.29 is 14.0 Å². The van der Waals surface area contributed by atoms with Gasteiger partial charge in [-0.3, -0.25) is 14.9 Å². The van der Waals surface area contributed by atoms with Crippen molar-refractivity contribution in [1.82, 2.24) is 5.32 Å². The van der Waals surface area contributed by atoms with Crippen LogP contribution in [0.4, 0.5) is 4.39 Å². The number of amides is 2. The lowest BCUT2D eigenvalue weighted by Gasteiger charge is -2.31. The van der Waals surface area contributed by atoms with Gasteiger partial charge in [0.2, 0.25) is 11.8 Å². The highest BCUT2D eigenvalue weighted by Gasteiger charge is 2.38. The van der Waals surface area contributed by atoms with E-state index in [1.807, 2.05) is 30.3 Å². The van der Waals surface area contributed by atoms with Crippen LogP contribution in [0.15, 0.2) is 54.6 Å². The molecule has 2 aromatic carbocycles. The molecular weight excluding hydrogens is 269 g/mol. The van der Waals surface area contributed by atoms with Gasteiger partial charge in [-0.05, 0) is 11.6 Å². The summed E-state index contributed by atoms with van der Waals surface area (Å²) in [5.74, 6) is -2.21. The summed E-state index contributed by atoms with van der Waals surface area (Å²) in [6.07, 6.45) is 0.175. The van der Waals surface area contributed by atoms with Crippen molar-refractivity contribution in [3.05, 3.63) is 71.5 Å². The standard InChI is InChI=1S/C17H14FNO2/c18-14-9-5-4-8-12(14)16-13(10-15(20)19-17(16)21)11-6-2-1-3-7-11/h1-9,13,16H,10H2,(H,19,20,21). The van der Waals surface area contributed by atoms with Crippen LogP contribution in [0.1, 0.15) is 29.4 Å². The molecule has 0 radical (unpaired) electrons. The van der Waals surface area contributed by atoms with Gasteiger partial charge in [0, 0.05) is 17.9 Å². The van der Waals surface area contributed by atoms with E-state index in [4.69, 9.17) is 0 Å². The Balaban J connectivity index is 2.08. The molecule has 1 heterocycles. The van der Waals surface area contributed by atoms with E-state index >= 15 is 0 Å². The molecule has 0 saturated carbocycles. The smallest absolute Gasteiger partial charge is 0.234 e. The van der Waals surface area contributed by atoms with E-state index in [9.17, 15) is 14.0 Å². The zero-order chi connectivity index (χ0) is 14.8. The zero-order valence-electron chi connectivity index (χ0n) is 11.3. The molecule has 0 bridgehead atoms. The summed E-state index contributed by atoms with van der Waals surface area (Å²) in [6, 6.07) is 15.5. The molecule has 1 saturated heterocycles. The zero-order valence-corrected chi connectivity index (χ0v) is 11.3. The minimum atomic E-state index is -0.689. The molecular formula is C17H14FNO2. The van der Waals surface area contributed by atoms with Gasteiger partial charge in [-0.15, -0.1) is 0 Å². The molecule has 3 rings (SSSR count). The fourth-order valence-corrected chi connectivity index (χ4v) is 2.86. The highest BCUT2D eigenvalue weighted by Crippen LogP contribution is 2.39. The van der Waals surface area contributed by atoms with Crippen molar-refractivity contribution in [2.24, 2.45) is 0 Å². The third-order valence-corrected chi connectivity index (χ3v) is 3.82. The molecule has 2 amide bonds. The lowest BCUT2D eigenvalue weighted by Crippen LogP contribution is -2.43. The van der Waals surface area contributed by atoms with Crippen molar-refractivity contribution in [2.75, 3.05) is 0 Å². The first kappa shape index (κ1) is 13.5. The minimum absolute atomic E-state index is 0.175. The van der Waals surface area contributed by atoms with Crippen molar-refractivity contribution in [1.29, 1.82) is 0 Å². The van der Waals surface area contributed by atoms with Crippen LogP contribution in [0.2, 0.25) is 0 Å². The number of hydrogen-bond donors (Lipinski definition) is 1. The highest BCUT2D eigenvalue weighted by atomic mass is 19.1. The summed E-state index contributed by atoms with van der Waals surface area (Å²) in [5, 5.41) is 2.31. The van der Waals surface area contributed by atoms with E-state index < -0.39 is 17.6 Å². The third kappa shape index (κ3) is 2.57. The molecule has 1 aliphatic rings. The number of hydrogen-bond acceptors (Lipinski definition) is 2. The summed E-state index contributed by atoms with van der Waals surface area (Å²) in [7, 11) is 0. The topological polar surface area (TPSA) is 46.2 Å². The van der Waals surface area contributed by atoms with E-state index in [1.165, 1.54) is 6.07 Å². The second-order valence-electron chi connectivity index (χ2n) is 5.13. The third-order valence-electron chi connectivity index (χ3n) is 3.82. The molecule has 0 aromatic heterocycles. The Morgan fingerprint density at radius 1 is 0.952 bits per heavy atom. The molecule has 2 atom stereocenters. The Morgan fingerprint density at radius 2 is 1.62 bits per heavy atom. The maximum Gasteiger partial charge on any atom is 0.234 e. The number of benzene rings is 2. The van der Waals surface area contributed by atoms with Crippen LogP contribution >= 0.6 is 0 Å². The second kappa shape index (κ2) is 5.48. The van der Waals surface area contributed by atoms with E-state index in [0.29, 0.717) is 5.56 Å². The molecule has 1 fully saturated rings. The maximum absolute atomic E-state index is 14.1. The highest BCUT2D eigenvalue weighted by molar-refractivity contribution is 6.02. The number of halogens is 1. The van der Waals surface area contributed by atoms with Crippen LogP contribution < -0.4 is 5.32 Å². The Bertz CT molecular complexity index is 684. The molecule has 21 heavy (non-hydrogen) atoms. The molecule has 0 aliphatic carbocycles. The Labute approximate surface area is 121 Å². The van der Waals surface area contributed by atoms with Gasteiger partial charge in [0.15, 0.2) is 0 Å². The molecule has 0 spiro atoms. The van der Waals surface area contributed by atoms with E-state index in [-0.39, 0.29) is 18.2 Å². The van der Waals surface area contributed by atoms with Crippen molar-refractivity contribution in [3.8, 4) is 0 Å². The fourth-order valence-electron chi connectivity index (χ4n) is 2.86. The van der Waals surface area contributed by atoms with Crippen LogP contribution in [-0.4, -0.2) is 11.8 Å². The number of piperidine rings is 1. The first-order chi connectivity index (χ1) is 10.2.